The molecular formula is C13H18BrNO2S. The van der Waals surface area contributed by atoms with Crippen molar-refractivity contribution in [3.8, 4) is 0 Å². The van der Waals surface area contributed by atoms with Crippen LogP contribution in [0.1, 0.15) is 31.1 Å². The normalized spacial score (nSPS) is 24.6. The van der Waals surface area contributed by atoms with E-state index >= 15 is 0 Å². The molecule has 1 aliphatic rings. The second-order valence-corrected chi connectivity index (χ2v) is 7.55. The number of rotatable bonds is 5. The number of carboxylic acid groups (broad SMARTS) is 1. The minimum atomic E-state index is -0.626. The van der Waals surface area contributed by atoms with E-state index in [0.717, 1.165) is 36.1 Å². The van der Waals surface area contributed by atoms with Gasteiger partial charge in [-0.1, -0.05) is 13.3 Å². The lowest BCUT2D eigenvalue weighted by molar-refractivity contribution is -0.148. The summed E-state index contributed by atoms with van der Waals surface area (Å²) < 4.78 is 1.13. The van der Waals surface area contributed by atoms with Crippen molar-refractivity contribution in [1.82, 2.24) is 4.90 Å². The maximum atomic E-state index is 11.5. The van der Waals surface area contributed by atoms with Crippen LogP contribution in [0.25, 0.3) is 0 Å². The van der Waals surface area contributed by atoms with E-state index in [1.165, 1.54) is 4.88 Å². The average Bonchev–Trinajstić information content (AvgIpc) is 2.88. The number of hydrogen-bond acceptors (Lipinski definition) is 3. The van der Waals surface area contributed by atoms with E-state index in [4.69, 9.17) is 0 Å². The number of carbonyl (C=O) groups is 1. The number of nitrogens with zero attached hydrogens (tertiary/aromatic N) is 1. The predicted octanol–water partition coefficient (Wildman–Crippen LogP) is 3.59. The quantitative estimate of drug-likeness (QED) is 0.896. The summed E-state index contributed by atoms with van der Waals surface area (Å²) in [7, 11) is 0. The lowest BCUT2D eigenvalue weighted by Crippen LogP contribution is -2.34. The molecule has 5 heteroatoms. The van der Waals surface area contributed by atoms with Crippen molar-refractivity contribution in [2.24, 2.45) is 5.41 Å². The fourth-order valence-electron chi connectivity index (χ4n) is 2.71. The van der Waals surface area contributed by atoms with Gasteiger partial charge in [-0.2, -0.15) is 0 Å². The average molecular weight is 332 g/mol. The number of hydrogen-bond donors (Lipinski definition) is 1. The van der Waals surface area contributed by atoms with Crippen molar-refractivity contribution in [3.05, 3.63) is 20.8 Å². The lowest BCUT2D eigenvalue weighted by atomic mass is 9.83. The Hall–Kier alpha value is -0.390. The molecule has 0 radical (unpaired) electrons. The van der Waals surface area contributed by atoms with Gasteiger partial charge in [0, 0.05) is 18.0 Å². The van der Waals surface area contributed by atoms with Gasteiger partial charge in [0.15, 0.2) is 0 Å². The minimum absolute atomic E-state index is 0.511. The fraction of sp³-hybridized carbons (Fsp3) is 0.615. The summed E-state index contributed by atoms with van der Waals surface area (Å²) in [6.45, 7) is 4.51. The summed E-state index contributed by atoms with van der Waals surface area (Å²) in [6.07, 6.45) is 2.50. The van der Waals surface area contributed by atoms with E-state index < -0.39 is 11.4 Å². The van der Waals surface area contributed by atoms with Crippen LogP contribution in [0.5, 0.6) is 0 Å². The number of likely N-dealkylation sites (tertiary alicyclic amines) is 1. The molecule has 1 fully saturated rings. The first kappa shape index (κ1) is 14.0. The molecule has 0 saturated carbocycles. The zero-order chi connectivity index (χ0) is 13.2. The molecule has 0 spiro atoms. The highest BCUT2D eigenvalue weighted by molar-refractivity contribution is 9.11. The molecule has 1 aromatic rings. The van der Waals surface area contributed by atoms with Crippen molar-refractivity contribution >= 4 is 33.2 Å². The van der Waals surface area contributed by atoms with E-state index in [1.807, 2.05) is 6.07 Å². The zero-order valence-corrected chi connectivity index (χ0v) is 12.9. The number of aliphatic carboxylic acids is 1. The third-order valence-electron chi connectivity index (χ3n) is 3.62. The summed E-state index contributed by atoms with van der Waals surface area (Å²) in [5.74, 6) is -0.626. The molecule has 1 atom stereocenters. The van der Waals surface area contributed by atoms with Crippen LogP contribution in [-0.2, 0) is 11.3 Å². The van der Waals surface area contributed by atoms with Crippen LogP contribution in [0.15, 0.2) is 15.9 Å². The summed E-state index contributed by atoms with van der Waals surface area (Å²) in [5, 5.41) is 9.45. The molecule has 100 valence electrons. The molecule has 1 saturated heterocycles. The third-order valence-corrected chi connectivity index (χ3v) is 5.23. The first-order chi connectivity index (χ1) is 8.55. The Bertz CT molecular complexity index is 434. The van der Waals surface area contributed by atoms with Gasteiger partial charge in [-0.05, 0) is 47.4 Å². The third kappa shape index (κ3) is 2.95. The van der Waals surface area contributed by atoms with Crippen LogP contribution in [-0.4, -0.2) is 29.1 Å². The number of thiophene rings is 1. The second kappa shape index (κ2) is 5.72. The van der Waals surface area contributed by atoms with E-state index in [-0.39, 0.29) is 0 Å². The Morgan fingerprint density at radius 1 is 1.61 bits per heavy atom. The standard InChI is InChI=1S/C13H18BrNO2S/c1-2-5-13(12(16)17)6-7-15(9-13)8-10-3-4-11(14)18-10/h3-4H,2,5-9H2,1H3,(H,16,17). The van der Waals surface area contributed by atoms with Gasteiger partial charge in [-0.15, -0.1) is 11.3 Å². The smallest absolute Gasteiger partial charge is 0.310 e. The molecule has 3 nitrogen and oxygen atoms in total. The Balaban J connectivity index is 2.00. The highest BCUT2D eigenvalue weighted by Gasteiger charge is 2.43. The molecule has 0 aliphatic carbocycles. The van der Waals surface area contributed by atoms with Gasteiger partial charge in [-0.3, -0.25) is 9.69 Å². The molecule has 0 amide bonds. The SMILES string of the molecule is CCCC1(C(=O)O)CCN(Cc2ccc(Br)s2)C1. The molecule has 18 heavy (non-hydrogen) atoms. The van der Waals surface area contributed by atoms with Gasteiger partial charge < -0.3 is 5.11 Å². The monoisotopic (exact) mass is 331 g/mol. The highest BCUT2D eigenvalue weighted by atomic mass is 79.9. The van der Waals surface area contributed by atoms with Gasteiger partial charge in [0.25, 0.3) is 0 Å². The van der Waals surface area contributed by atoms with Crippen LogP contribution in [0.3, 0.4) is 0 Å². The maximum Gasteiger partial charge on any atom is 0.310 e. The molecular weight excluding hydrogens is 314 g/mol. The summed E-state index contributed by atoms with van der Waals surface area (Å²) in [5.41, 5.74) is -0.511. The molecule has 1 unspecified atom stereocenters. The van der Waals surface area contributed by atoms with E-state index in [1.54, 1.807) is 11.3 Å². The van der Waals surface area contributed by atoms with Gasteiger partial charge in [0.1, 0.15) is 0 Å². The number of carboxylic acids is 1. The Morgan fingerprint density at radius 3 is 2.94 bits per heavy atom. The van der Waals surface area contributed by atoms with Gasteiger partial charge in [0.2, 0.25) is 0 Å². The maximum absolute atomic E-state index is 11.5. The van der Waals surface area contributed by atoms with Crippen LogP contribution < -0.4 is 0 Å². The first-order valence-electron chi connectivity index (χ1n) is 6.26. The molecule has 1 N–H and O–H groups in total. The summed E-state index contributed by atoms with van der Waals surface area (Å²) in [4.78, 5) is 15.0. The van der Waals surface area contributed by atoms with Gasteiger partial charge >= 0.3 is 5.97 Å². The van der Waals surface area contributed by atoms with Crippen molar-refractivity contribution in [2.45, 2.75) is 32.7 Å². The van der Waals surface area contributed by atoms with E-state index in [2.05, 4.69) is 33.8 Å². The van der Waals surface area contributed by atoms with Crippen molar-refractivity contribution in [2.75, 3.05) is 13.1 Å². The first-order valence-corrected chi connectivity index (χ1v) is 7.87. The fourth-order valence-corrected chi connectivity index (χ4v) is 4.24. The van der Waals surface area contributed by atoms with E-state index in [0.29, 0.717) is 6.54 Å². The molecule has 1 aliphatic heterocycles. The largest absolute Gasteiger partial charge is 0.481 e. The Morgan fingerprint density at radius 2 is 2.39 bits per heavy atom. The molecule has 2 rings (SSSR count). The molecule has 2 heterocycles. The van der Waals surface area contributed by atoms with Gasteiger partial charge in [-0.25, -0.2) is 0 Å². The lowest BCUT2D eigenvalue weighted by Gasteiger charge is -2.24. The molecule has 0 aromatic carbocycles. The summed E-state index contributed by atoms with van der Waals surface area (Å²) >= 11 is 5.18. The molecule has 0 bridgehead atoms. The Labute approximate surface area is 120 Å². The van der Waals surface area contributed by atoms with Crippen LogP contribution in [0, 0.1) is 5.41 Å². The minimum Gasteiger partial charge on any atom is -0.481 e. The van der Waals surface area contributed by atoms with Crippen LogP contribution in [0.4, 0.5) is 0 Å². The van der Waals surface area contributed by atoms with Crippen molar-refractivity contribution in [1.29, 1.82) is 0 Å². The van der Waals surface area contributed by atoms with Crippen molar-refractivity contribution < 1.29 is 9.90 Å². The summed E-state index contributed by atoms with van der Waals surface area (Å²) in [6, 6.07) is 4.15. The topological polar surface area (TPSA) is 40.5 Å². The zero-order valence-electron chi connectivity index (χ0n) is 10.5. The Kier molecular flexibility index (Phi) is 4.45. The van der Waals surface area contributed by atoms with E-state index in [9.17, 15) is 9.90 Å². The van der Waals surface area contributed by atoms with Crippen LogP contribution >= 0.6 is 27.3 Å². The molecule has 1 aromatic heterocycles. The van der Waals surface area contributed by atoms with Crippen molar-refractivity contribution in [3.63, 3.8) is 0 Å². The number of halogens is 1. The second-order valence-electron chi connectivity index (χ2n) is 5.00. The van der Waals surface area contributed by atoms with Crippen LogP contribution in [0.2, 0.25) is 0 Å². The predicted molar refractivity (Wildman–Crippen MR) is 76.9 cm³/mol. The van der Waals surface area contributed by atoms with Gasteiger partial charge in [0.05, 0.1) is 9.20 Å². The highest BCUT2D eigenvalue weighted by Crippen LogP contribution is 2.36.